The second-order valence-electron chi connectivity index (χ2n) is 6.98. The van der Waals surface area contributed by atoms with E-state index in [9.17, 15) is 0 Å². The van der Waals surface area contributed by atoms with Crippen molar-refractivity contribution in [1.82, 2.24) is 25.4 Å². The summed E-state index contributed by atoms with van der Waals surface area (Å²) in [6, 6.07) is 8.17. The van der Waals surface area contributed by atoms with Gasteiger partial charge in [0.25, 0.3) is 0 Å². The predicted octanol–water partition coefficient (Wildman–Crippen LogP) is 3.46. The van der Waals surface area contributed by atoms with Crippen LogP contribution in [0.4, 0.5) is 0 Å². The maximum Gasteiger partial charge on any atom is 0.191 e. The number of aromatic nitrogens is 3. The number of aryl methyl sites for hydroxylation is 1. The molecule has 0 unspecified atom stereocenters. The van der Waals surface area contributed by atoms with Gasteiger partial charge in [-0.1, -0.05) is 38.8 Å². The molecule has 2 aromatic rings. The molecule has 0 amide bonds. The second-order valence-corrected chi connectivity index (χ2v) is 6.98. The average Bonchev–Trinajstić information content (AvgIpc) is 3.04. The van der Waals surface area contributed by atoms with Crippen molar-refractivity contribution in [2.45, 2.75) is 46.6 Å². The molecule has 1 heterocycles. The fraction of sp³-hybridized carbons (Fsp3) is 0.571. The van der Waals surface area contributed by atoms with Crippen molar-refractivity contribution in [2.75, 3.05) is 20.2 Å². The lowest BCUT2D eigenvalue weighted by Gasteiger charge is -2.17. The van der Waals surface area contributed by atoms with Crippen LogP contribution < -0.4 is 15.4 Å². The predicted molar refractivity (Wildman–Crippen MR) is 129 cm³/mol. The summed E-state index contributed by atoms with van der Waals surface area (Å²) in [7, 11) is 3.65. The Hall–Kier alpha value is -1.84. The maximum absolute atomic E-state index is 5.21. The standard InChI is InChI=1S/C21H34N6O.HI/c1-6-17(7-2)14-23-21(24-15-20-26-25-16(3)27(20)4)22-13-12-18-8-10-19(28-5)11-9-18;/h8-11,17H,6-7,12-15H2,1-5H3,(H2,22,23,24);1H. The zero-order valence-corrected chi connectivity index (χ0v) is 20.6. The third-order valence-electron chi connectivity index (χ3n) is 5.14. The van der Waals surface area contributed by atoms with Crippen LogP contribution in [0.15, 0.2) is 29.3 Å². The third-order valence-corrected chi connectivity index (χ3v) is 5.14. The first kappa shape index (κ1) is 25.2. The van der Waals surface area contributed by atoms with E-state index < -0.39 is 0 Å². The van der Waals surface area contributed by atoms with Crippen molar-refractivity contribution in [3.05, 3.63) is 41.5 Å². The van der Waals surface area contributed by atoms with Crippen molar-refractivity contribution in [3.63, 3.8) is 0 Å². The molecular weight excluding hydrogens is 479 g/mol. The van der Waals surface area contributed by atoms with Crippen LogP contribution in [-0.4, -0.2) is 40.9 Å². The summed E-state index contributed by atoms with van der Waals surface area (Å²) < 4.78 is 7.19. The van der Waals surface area contributed by atoms with E-state index in [4.69, 9.17) is 9.73 Å². The Bertz CT molecular complexity index is 740. The van der Waals surface area contributed by atoms with E-state index in [-0.39, 0.29) is 24.0 Å². The Kier molecular flexibility index (Phi) is 11.6. The number of aliphatic imine (C=N–C) groups is 1. The molecule has 1 aromatic carbocycles. The molecule has 0 aliphatic heterocycles. The summed E-state index contributed by atoms with van der Waals surface area (Å²) in [6.45, 7) is 8.62. The van der Waals surface area contributed by atoms with Gasteiger partial charge in [0.2, 0.25) is 0 Å². The molecule has 0 aliphatic rings. The number of rotatable bonds is 10. The van der Waals surface area contributed by atoms with Gasteiger partial charge in [0.15, 0.2) is 11.8 Å². The van der Waals surface area contributed by atoms with Crippen molar-refractivity contribution in [3.8, 4) is 5.75 Å². The van der Waals surface area contributed by atoms with E-state index in [2.05, 4.69) is 46.8 Å². The van der Waals surface area contributed by atoms with Gasteiger partial charge in [0.1, 0.15) is 18.1 Å². The molecule has 1 aromatic heterocycles. The topological polar surface area (TPSA) is 76.4 Å². The Labute approximate surface area is 191 Å². The molecule has 7 nitrogen and oxygen atoms in total. The highest BCUT2D eigenvalue weighted by molar-refractivity contribution is 14.0. The van der Waals surface area contributed by atoms with Crippen molar-refractivity contribution in [1.29, 1.82) is 0 Å². The number of ether oxygens (including phenoxy) is 1. The molecular formula is C21H35IN6O. The molecule has 0 spiro atoms. The molecule has 2 N–H and O–H groups in total. The number of halogens is 1. The van der Waals surface area contributed by atoms with E-state index in [1.54, 1.807) is 7.11 Å². The van der Waals surface area contributed by atoms with Crippen LogP contribution in [0.25, 0.3) is 0 Å². The van der Waals surface area contributed by atoms with E-state index in [1.807, 2.05) is 30.7 Å². The monoisotopic (exact) mass is 514 g/mol. The summed E-state index contributed by atoms with van der Waals surface area (Å²) >= 11 is 0. The first-order chi connectivity index (χ1) is 13.6. The van der Waals surface area contributed by atoms with Crippen LogP contribution >= 0.6 is 24.0 Å². The van der Waals surface area contributed by atoms with Crippen molar-refractivity contribution in [2.24, 2.45) is 18.0 Å². The Balaban J connectivity index is 0.00000420. The first-order valence-electron chi connectivity index (χ1n) is 10.1. The van der Waals surface area contributed by atoms with Crippen LogP contribution in [-0.2, 0) is 20.0 Å². The lowest BCUT2D eigenvalue weighted by atomic mass is 10.0. The summed E-state index contributed by atoms with van der Waals surface area (Å²) in [5.74, 6) is 4.09. The Morgan fingerprint density at radius 2 is 1.83 bits per heavy atom. The average molecular weight is 514 g/mol. The number of nitrogens with zero attached hydrogens (tertiary/aromatic N) is 4. The minimum absolute atomic E-state index is 0. The minimum Gasteiger partial charge on any atom is -0.497 e. The van der Waals surface area contributed by atoms with Crippen LogP contribution in [0.1, 0.15) is 43.9 Å². The number of benzene rings is 1. The van der Waals surface area contributed by atoms with E-state index >= 15 is 0 Å². The fourth-order valence-corrected chi connectivity index (χ4v) is 2.85. The first-order valence-corrected chi connectivity index (χ1v) is 10.1. The molecule has 0 atom stereocenters. The molecule has 0 bridgehead atoms. The SMILES string of the molecule is CCC(CC)CNC(=NCc1nnc(C)n1C)NCCc1ccc(OC)cc1.I. The normalized spacial score (nSPS) is 11.3. The number of hydrogen-bond donors (Lipinski definition) is 2. The van der Waals surface area contributed by atoms with Gasteiger partial charge in [-0.25, -0.2) is 4.99 Å². The highest BCUT2D eigenvalue weighted by Crippen LogP contribution is 2.11. The molecule has 29 heavy (non-hydrogen) atoms. The van der Waals surface area contributed by atoms with Crippen LogP contribution in [0.5, 0.6) is 5.75 Å². The Morgan fingerprint density at radius 3 is 2.38 bits per heavy atom. The molecule has 162 valence electrons. The lowest BCUT2D eigenvalue weighted by molar-refractivity contribution is 0.414. The van der Waals surface area contributed by atoms with E-state index in [1.165, 1.54) is 5.56 Å². The van der Waals surface area contributed by atoms with Crippen LogP contribution in [0.2, 0.25) is 0 Å². The highest BCUT2D eigenvalue weighted by Gasteiger charge is 2.08. The number of methoxy groups -OCH3 is 1. The summed E-state index contributed by atoms with van der Waals surface area (Å²) in [5.41, 5.74) is 1.26. The zero-order chi connectivity index (χ0) is 20.4. The Morgan fingerprint density at radius 1 is 1.14 bits per heavy atom. The van der Waals surface area contributed by atoms with E-state index in [0.29, 0.717) is 12.5 Å². The lowest BCUT2D eigenvalue weighted by Crippen LogP contribution is -2.40. The van der Waals surface area contributed by atoms with Gasteiger partial charge in [-0.3, -0.25) is 0 Å². The number of hydrogen-bond acceptors (Lipinski definition) is 4. The minimum atomic E-state index is 0. The molecule has 0 fully saturated rings. The quantitative estimate of drug-likeness (QED) is 0.289. The van der Waals surface area contributed by atoms with Gasteiger partial charge in [-0.05, 0) is 37.0 Å². The second kappa shape index (κ2) is 13.4. The summed E-state index contributed by atoms with van der Waals surface area (Å²) in [4.78, 5) is 4.72. The molecule has 8 heteroatoms. The molecule has 2 rings (SSSR count). The van der Waals surface area contributed by atoms with Gasteiger partial charge in [-0.15, -0.1) is 34.2 Å². The van der Waals surface area contributed by atoms with Crippen molar-refractivity contribution < 1.29 is 4.74 Å². The van der Waals surface area contributed by atoms with E-state index in [0.717, 1.165) is 55.7 Å². The fourth-order valence-electron chi connectivity index (χ4n) is 2.85. The van der Waals surface area contributed by atoms with Gasteiger partial charge < -0.3 is 19.9 Å². The third kappa shape index (κ3) is 8.20. The molecule has 0 saturated carbocycles. The summed E-state index contributed by atoms with van der Waals surface area (Å²) in [6.07, 6.45) is 3.23. The van der Waals surface area contributed by atoms with Gasteiger partial charge in [0.05, 0.1) is 7.11 Å². The van der Waals surface area contributed by atoms with Gasteiger partial charge in [0, 0.05) is 20.1 Å². The maximum atomic E-state index is 5.21. The largest absolute Gasteiger partial charge is 0.497 e. The molecule has 0 aliphatic carbocycles. The smallest absolute Gasteiger partial charge is 0.191 e. The number of guanidine groups is 1. The molecule has 0 saturated heterocycles. The van der Waals surface area contributed by atoms with Gasteiger partial charge >= 0.3 is 0 Å². The zero-order valence-electron chi connectivity index (χ0n) is 18.2. The van der Waals surface area contributed by atoms with Gasteiger partial charge in [-0.2, -0.15) is 0 Å². The van der Waals surface area contributed by atoms with Crippen molar-refractivity contribution >= 4 is 29.9 Å². The summed E-state index contributed by atoms with van der Waals surface area (Å²) in [5, 5.41) is 15.2. The number of nitrogens with one attached hydrogen (secondary N) is 2. The molecule has 0 radical (unpaired) electrons. The van der Waals surface area contributed by atoms with Crippen LogP contribution in [0, 0.1) is 12.8 Å². The van der Waals surface area contributed by atoms with Crippen LogP contribution in [0.3, 0.4) is 0 Å². The highest BCUT2D eigenvalue weighted by atomic mass is 127.